The predicted octanol–water partition coefficient (Wildman–Crippen LogP) is 4.31. The lowest BCUT2D eigenvalue weighted by Crippen LogP contribution is -2.23. The average Bonchev–Trinajstić information content (AvgIpc) is 3.17. The summed E-state index contributed by atoms with van der Waals surface area (Å²) in [6.07, 6.45) is 0. The molecule has 0 unspecified atom stereocenters. The van der Waals surface area contributed by atoms with Crippen molar-refractivity contribution in [1.29, 1.82) is 0 Å². The minimum Gasteiger partial charge on any atom is -0.346 e. The molecule has 0 radical (unpaired) electrons. The van der Waals surface area contributed by atoms with Gasteiger partial charge in [-0.25, -0.2) is 13.4 Å². The Hall–Kier alpha value is -2.71. The van der Waals surface area contributed by atoms with Crippen molar-refractivity contribution in [2.75, 3.05) is 4.72 Å². The minimum atomic E-state index is -3.73. The van der Waals surface area contributed by atoms with E-state index >= 15 is 0 Å². The number of aromatic nitrogens is 1. The molecule has 0 saturated carbocycles. The van der Waals surface area contributed by atoms with E-state index in [1.54, 1.807) is 23.5 Å². The number of nitrogens with zero attached hydrogens (tertiary/aromatic N) is 1. The average molecular weight is 430 g/mol. The van der Waals surface area contributed by atoms with Gasteiger partial charge in [0.05, 0.1) is 27.8 Å². The number of benzene rings is 2. The zero-order valence-corrected chi connectivity index (χ0v) is 18.1. The van der Waals surface area contributed by atoms with Gasteiger partial charge in [0.25, 0.3) is 15.9 Å². The van der Waals surface area contributed by atoms with Crippen molar-refractivity contribution >= 4 is 33.0 Å². The summed E-state index contributed by atoms with van der Waals surface area (Å²) < 4.78 is 27.7. The SMILES string of the molecule is Cc1ccccc1NS(=O)(=O)c1ccc(C(=O)NCc2csc(C(C)C)n2)cc1. The van der Waals surface area contributed by atoms with Crippen molar-refractivity contribution in [3.05, 3.63) is 75.7 Å². The molecule has 1 aromatic heterocycles. The Balaban J connectivity index is 1.65. The van der Waals surface area contributed by atoms with E-state index in [0.29, 0.717) is 23.7 Å². The molecule has 0 aliphatic carbocycles. The Morgan fingerprint density at radius 1 is 1.10 bits per heavy atom. The van der Waals surface area contributed by atoms with Crippen LogP contribution in [-0.4, -0.2) is 19.3 Å². The summed E-state index contributed by atoms with van der Waals surface area (Å²) in [5, 5.41) is 5.78. The van der Waals surface area contributed by atoms with Gasteiger partial charge in [0.15, 0.2) is 0 Å². The zero-order chi connectivity index (χ0) is 21.0. The smallest absolute Gasteiger partial charge is 0.261 e. The van der Waals surface area contributed by atoms with Crippen LogP contribution in [0.1, 0.15) is 46.4 Å². The summed E-state index contributed by atoms with van der Waals surface area (Å²) in [5.74, 6) is 0.0761. The number of carbonyl (C=O) groups excluding carboxylic acids is 1. The van der Waals surface area contributed by atoms with Crippen LogP contribution in [0.4, 0.5) is 5.69 Å². The third-order valence-corrected chi connectivity index (χ3v) is 6.89. The Bertz CT molecular complexity index is 1100. The molecule has 2 N–H and O–H groups in total. The quantitative estimate of drug-likeness (QED) is 0.586. The van der Waals surface area contributed by atoms with E-state index in [-0.39, 0.29) is 10.8 Å². The van der Waals surface area contributed by atoms with Crippen LogP contribution in [-0.2, 0) is 16.6 Å². The van der Waals surface area contributed by atoms with Crippen molar-refractivity contribution in [3.63, 3.8) is 0 Å². The number of sulfonamides is 1. The molecular formula is C21H23N3O3S2. The highest BCUT2D eigenvalue weighted by atomic mass is 32.2. The number of para-hydroxylation sites is 1. The van der Waals surface area contributed by atoms with Gasteiger partial charge in [-0.05, 0) is 42.8 Å². The number of nitrogens with one attached hydrogen (secondary N) is 2. The van der Waals surface area contributed by atoms with Crippen LogP contribution in [0.15, 0.2) is 58.8 Å². The lowest BCUT2D eigenvalue weighted by molar-refractivity contribution is 0.0950. The molecule has 0 aliphatic heterocycles. The maximum absolute atomic E-state index is 12.6. The van der Waals surface area contributed by atoms with Crippen LogP contribution in [0, 0.1) is 6.92 Å². The maximum Gasteiger partial charge on any atom is 0.261 e. The summed E-state index contributed by atoms with van der Waals surface area (Å²) >= 11 is 1.58. The van der Waals surface area contributed by atoms with Crippen LogP contribution < -0.4 is 10.0 Å². The summed E-state index contributed by atoms with van der Waals surface area (Å²) in [7, 11) is -3.73. The van der Waals surface area contributed by atoms with Gasteiger partial charge in [0, 0.05) is 16.9 Å². The number of rotatable bonds is 7. The van der Waals surface area contributed by atoms with Gasteiger partial charge in [0.1, 0.15) is 0 Å². The normalized spacial score (nSPS) is 11.4. The van der Waals surface area contributed by atoms with Crippen molar-refractivity contribution in [2.45, 2.75) is 38.1 Å². The van der Waals surface area contributed by atoms with Gasteiger partial charge < -0.3 is 5.32 Å². The third kappa shape index (κ3) is 5.21. The first kappa shape index (κ1) is 21.0. The van der Waals surface area contributed by atoms with Gasteiger partial charge >= 0.3 is 0 Å². The van der Waals surface area contributed by atoms with Crippen molar-refractivity contribution in [3.8, 4) is 0 Å². The molecule has 1 heterocycles. The second-order valence-corrected chi connectivity index (χ2v) is 9.53. The highest BCUT2D eigenvalue weighted by Gasteiger charge is 2.16. The highest BCUT2D eigenvalue weighted by Crippen LogP contribution is 2.20. The molecule has 3 rings (SSSR count). The summed E-state index contributed by atoms with van der Waals surface area (Å²) in [4.78, 5) is 16.9. The maximum atomic E-state index is 12.6. The fourth-order valence-corrected chi connectivity index (χ4v) is 4.58. The van der Waals surface area contributed by atoms with Crippen LogP contribution in [0.2, 0.25) is 0 Å². The number of anilines is 1. The molecule has 0 aliphatic rings. The first-order chi connectivity index (χ1) is 13.8. The van der Waals surface area contributed by atoms with Crippen LogP contribution in [0.3, 0.4) is 0 Å². The van der Waals surface area contributed by atoms with Crippen LogP contribution in [0.5, 0.6) is 0 Å². The fourth-order valence-electron chi connectivity index (χ4n) is 2.62. The van der Waals surface area contributed by atoms with E-state index in [0.717, 1.165) is 16.3 Å². The molecule has 1 amide bonds. The molecular weight excluding hydrogens is 406 g/mol. The van der Waals surface area contributed by atoms with Gasteiger partial charge in [0.2, 0.25) is 0 Å². The van der Waals surface area contributed by atoms with Crippen molar-refractivity contribution in [2.24, 2.45) is 0 Å². The molecule has 0 atom stereocenters. The van der Waals surface area contributed by atoms with E-state index in [2.05, 4.69) is 28.9 Å². The predicted molar refractivity (Wildman–Crippen MR) is 116 cm³/mol. The fraction of sp³-hybridized carbons (Fsp3) is 0.238. The van der Waals surface area contributed by atoms with E-state index in [9.17, 15) is 13.2 Å². The Morgan fingerprint density at radius 3 is 2.41 bits per heavy atom. The Kier molecular flexibility index (Phi) is 6.34. The van der Waals surface area contributed by atoms with Crippen LogP contribution in [0.25, 0.3) is 0 Å². The van der Waals surface area contributed by atoms with Gasteiger partial charge in [-0.3, -0.25) is 9.52 Å². The number of amides is 1. The van der Waals surface area contributed by atoms with Crippen molar-refractivity contribution < 1.29 is 13.2 Å². The lowest BCUT2D eigenvalue weighted by atomic mass is 10.2. The number of thiazole rings is 1. The number of hydrogen-bond donors (Lipinski definition) is 2. The minimum absolute atomic E-state index is 0.0957. The van der Waals surface area contributed by atoms with E-state index in [4.69, 9.17) is 0 Å². The topological polar surface area (TPSA) is 88.2 Å². The zero-order valence-electron chi connectivity index (χ0n) is 16.5. The molecule has 152 valence electrons. The standard InChI is InChI=1S/C21H23N3O3S2/c1-14(2)21-23-17(13-28-21)12-22-20(25)16-8-10-18(11-9-16)29(26,27)24-19-7-5-4-6-15(19)3/h4-11,13-14,24H,12H2,1-3H3,(H,22,25). The van der Waals surface area contributed by atoms with Crippen LogP contribution >= 0.6 is 11.3 Å². The summed E-state index contributed by atoms with van der Waals surface area (Å²) in [6.45, 7) is 6.31. The Morgan fingerprint density at radius 2 is 1.79 bits per heavy atom. The third-order valence-electron chi connectivity index (χ3n) is 4.31. The monoisotopic (exact) mass is 429 g/mol. The molecule has 8 heteroatoms. The number of carbonyl (C=O) groups is 1. The number of aryl methyl sites for hydroxylation is 1. The highest BCUT2D eigenvalue weighted by molar-refractivity contribution is 7.92. The molecule has 0 saturated heterocycles. The largest absolute Gasteiger partial charge is 0.346 e. The second-order valence-electron chi connectivity index (χ2n) is 6.96. The molecule has 0 bridgehead atoms. The molecule has 6 nitrogen and oxygen atoms in total. The molecule has 29 heavy (non-hydrogen) atoms. The first-order valence-corrected chi connectivity index (χ1v) is 11.5. The lowest BCUT2D eigenvalue weighted by Gasteiger charge is -2.11. The second kappa shape index (κ2) is 8.75. The summed E-state index contributed by atoms with van der Waals surface area (Å²) in [6, 6.07) is 13.0. The van der Waals surface area contributed by atoms with E-state index in [1.807, 2.05) is 24.4 Å². The van der Waals surface area contributed by atoms with Gasteiger partial charge in [-0.15, -0.1) is 11.3 Å². The van der Waals surface area contributed by atoms with E-state index < -0.39 is 10.0 Å². The van der Waals surface area contributed by atoms with Crippen molar-refractivity contribution in [1.82, 2.24) is 10.3 Å². The van der Waals surface area contributed by atoms with Gasteiger partial charge in [-0.2, -0.15) is 0 Å². The molecule has 2 aromatic carbocycles. The molecule has 0 fully saturated rings. The van der Waals surface area contributed by atoms with E-state index in [1.165, 1.54) is 24.3 Å². The van der Waals surface area contributed by atoms with Gasteiger partial charge in [-0.1, -0.05) is 32.0 Å². The summed E-state index contributed by atoms with van der Waals surface area (Å²) in [5.41, 5.74) is 2.56. The Labute approximate surface area is 175 Å². The molecule has 0 spiro atoms. The first-order valence-electron chi connectivity index (χ1n) is 9.17. The number of hydrogen-bond acceptors (Lipinski definition) is 5. The molecule has 3 aromatic rings.